The van der Waals surface area contributed by atoms with Crippen molar-refractivity contribution < 1.29 is 4.79 Å². The lowest BCUT2D eigenvalue weighted by molar-refractivity contribution is 0.252. The number of hydrogen-bond donors (Lipinski definition) is 2. The Morgan fingerprint density at radius 3 is 2.50 bits per heavy atom. The Bertz CT molecular complexity index is 731. The molecule has 0 bridgehead atoms. The van der Waals surface area contributed by atoms with Crippen molar-refractivity contribution in [3.05, 3.63) is 46.4 Å². The standard InChI is InChI=1S/C18H26N4O2/c1-4-5-6-10-13-19-18(24)20-16-14(2)21(3)22(17(16)23)15-11-8-7-9-12-15/h7-9,11-12H,4-6,10,13H2,1-3H3,(H2,19,20,24). The first-order valence-corrected chi connectivity index (χ1v) is 8.45. The number of urea groups is 1. The van der Waals surface area contributed by atoms with E-state index in [1.165, 1.54) is 6.42 Å². The van der Waals surface area contributed by atoms with Gasteiger partial charge in [0.25, 0.3) is 5.56 Å². The Morgan fingerprint density at radius 2 is 1.83 bits per heavy atom. The fraction of sp³-hybridized carbons (Fsp3) is 0.444. The van der Waals surface area contributed by atoms with Crippen LogP contribution in [0.1, 0.15) is 38.3 Å². The van der Waals surface area contributed by atoms with Crippen molar-refractivity contribution in [1.29, 1.82) is 0 Å². The molecule has 130 valence electrons. The van der Waals surface area contributed by atoms with Gasteiger partial charge in [-0.05, 0) is 25.5 Å². The summed E-state index contributed by atoms with van der Waals surface area (Å²) in [5.41, 5.74) is 1.56. The minimum Gasteiger partial charge on any atom is -0.338 e. The average Bonchev–Trinajstić information content (AvgIpc) is 2.79. The average molecular weight is 330 g/mol. The Hall–Kier alpha value is -2.50. The van der Waals surface area contributed by atoms with Crippen LogP contribution in [-0.2, 0) is 7.05 Å². The predicted octanol–water partition coefficient (Wildman–Crippen LogP) is 3.19. The third-order valence-corrected chi connectivity index (χ3v) is 4.11. The highest BCUT2D eigenvalue weighted by molar-refractivity contribution is 5.89. The first-order valence-electron chi connectivity index (χ1n) is 8.45. The minimum absolute atomic E-state index is 0.234. The molecule has 0 fully saturated rings. The summed E-state index contributed by atoms with van der Waals surface area (Å²) in [6.45, 7) is 4.58. The molecule has 0 radical (unpaired) electrons. The molecule has 2 rings (SSSR count). The monoisotopic (exact) mass is 330 g/mol. The second-order valence-corrected chi connectivity index (χ2v) is 5.88. The van der Waals surface area contributed by atoms with Crippen LogP contribution in [0, 0.1) is 6.92 Å². The molecular weight excluding hydrogens is 304 g/mol. The molecule has 0 saturated heterocycles. The first-order chi connectivity index (χ1) is 11.6. The van der Waals surface area contributed by atoms with Gasteiger partial charge in [0.1, 0.15) is 5.69 Å². The van der Waals surface area contributed by atoms with E-state index < -0.39 is 0 Å². The number of nitrogens with zero attached hydrogens (tertiary/aromatic N) is 2. The van der Waals surface area contributed by atoms with Crippen LogP contribution in [0.2, 0.25) is 0 Å². The molecule has 0 unspecified atom stereocenters. The van der Waals surface area contributed by atoms with E-state index >= 15 is 0 Å². The third kappa shape index (κ3) is 4.07. The molecular formula is C18H26N4O2. The van der Waals surface area contributed by atoms with Crippen LogP contribution in [0.5, 0.6) is 0 Å². The molecule has 2 aromatic rings. The predicted molar refractivity (Wildman–Crippen MR) is 96.9 cm³/mol. The molecule has 6 heteroatoms. The van der Waals surface area contributed by atoms with Gasteiger partial charge in [0.05, 0.1) is 11.4 Å². The lowest BCUT2D eigenvalue weighted by atomic mass is 10.2. The highest BCUT2D eigenvalue weighted by Gasteiger charge is 2.17. The molecule has 0 aliphatic carbocycles. The normalized spacial score (nSPS) is 10.6. The van der Waals surface area contributed by atoms with Crippen molar-refractivity contribution in [2.75, 3.05) is 11.9 Å². The van der Waals surface area contributed by atoms with Gasteiger partial charge < -0.3 is 10.6 Å². The van der Waals surface area contributed by atoms with E-state index in [1.54, 1.807) is 16.4 Å². The van der Waals surface area contributed by atoms with Gasteiger partial charge in [-0.3, -0.25) is 9.48 Å². The molecule has 0 aliphatic heterocycles. The Labute approximate surface area is 142 Å². The quantitative estimate of drug-likeness (QED) is 0.766. The number of anilines is 1. The van der Waals surface area contributed by atoms with Crippen LogP contribution >= 0.6 is 0 Å². The maximum absolute atomic E-state index is 12.7. The van der Waals surface area contributed by atoms with E-state index in [0.29, 0.717) is 17.9 Å². The summed E-state index contributed by atoms with van der Waals surface area (Å²) in [6, 6.07) is 9.03. The van der Waals surface area contributed by atoms with Crippen molar-refractivity contribution in [2.45, 2.75) is 39.5 Å². The summed E-state index contributed by atoms with van der Waals surface area (Å²) >= 11 is 0. The van der Waals surface area contributed by atoms with E-state index in [1.807, 2.05) is 37.3 Å². The molecule has 2 amide bonds. The van der Waals surface area contributed by atoms with Crippen LogP contribution < -0.4 is 16.2 Å². The number of aromatic nitrogens is 2. The Balaban J connectivity index is 2.09. The third-order valence-electron chi connectivity index (χ3n) is 4.11. The van der Waals surface area contributed by atoms with Crippen LogP contribution in [0.3, 0.4) is 0 Å². The number of nitrogens with one attached hydrogen (secondary N) is 2. The smallest absolute Gasteiger partial charge is 0.319 e. The molecule has 0 saturated carbocycles. The van der Waals surface area contributed by atoms with Gasteiger partial charge in [-0.1, -0.05) is 44.4 Å². The molecule has 24 heavy (non-hydrogen) atoms. The zero-order valence-corrected chi connectivity index (χ0v) is 14.6. The van der Waals surface area contributed by atoms with Gasteiger partial charge in [-0.25, -0.2) is 9.48 Å². The first kappa shape index (κ1) is 17.8. The van der Waals surface area contributed by atoms with Gasteiger partial charge in [0, 0.05) is 13.6 Å². The number of carbonyl (C=O) groups excluding carboxylic acids is 1. The maximum Gasteiger partial charge on any atom is 0.319 e. The van der Waals surface area contributed by atoms with Crippen LogP contribution in [0.25, 0.3) is 5.69 Å². The topological polar surface area (TPSA) is 68.1 Å². The largest absolute Gasteiger partial charge is 0.338 e. The highest BCUT2D eigenvalue weighted by Crippen LogP contribution is 2.13. The minimum atomic E-state index is -0.336. The number of unbranched alkanes of at least 4 members (excludes halogenated alkanes) is 3. The number of amides is 2. The number of carbonyl (C=O) groups is 1. The van der Waals surface area contributed by atoms with Crippen molar-refractivity contribution in [3.8, 4) is 5.69 Å². The number of para-hydroxylation sites is 1. The Kier molecular flexibility index (Phi) is 6.23. The van der Waals surface area contributed by atoms with E-state index in [4.69, 9.17) is 0 Å². The lowest BCUT2D eigenvalue weighted by Crippen LogP contribution is -2.32. The van der Waals surface area contributed by atoms with E-state index in [-0.39, 0.29) is 11.6 Å². The summed E-state index contributed by atoms with van der Waals surface area (Å²) < 4.78 is 3.29. The zero-order chi connectivity index (χ0) is 17.5. The summed E-state index contributed by atoms with van der Waals surface area (Å²) in [7, 11) is 1.80. The molecule has 1 aromatic heterocycles. The van der Waals surface area contributed by atoms with Crippen LogP contribution in [-0.4, -0.2) is 21.9 Å². The number of benzene rings is 1. The van der Waals surface area contributed by atoms with Crippen LogP contribution in [0.4, 0.5) is 10.5 Å². The summed E-state index contributed by atoms with van der Waals surface area (Å²) in [4.78, 5) is 24.7. The SMILES string of the molecule is CCCCCCNC(=O)Nc1c(C)n(C)n(-c2ccccc2)c1=O. The van der Waals surface area contributed by atoms with Gasteiger partial charge in [-0.2, -0.15) is 0 Å². The van der Waals surface area contributed by atoms with E-state index in [0.717, 1.165) is 24.9 Å². The lowest BCUT2D eigenvalue weighted by Gasteiger charge is -2.07. The molecule has 1 aromatic carbocycles. The molecule has 6 nitrogen and oxygen atoms in total. The van der Waals surface area contributed by atoms with Gasteiger partial charge >= 0.3 is 6.03 Å². The van der Waals surface area contributed by atoms with Gasteiger partial charge in [-0.15, -0.1) is 0 Å². The number of rotatable bonds is 7. The molecule has 0 aliphatic rings. The summed E-state index contributed by atoms with van der Waals surface area (Å²) in [5.74, 6) is 0. The Morgan fingerprint density at radius 1 is 1.12 bits per heavy atom. The second kappa shape index (κ2) is 8.38. The second-order valence-electron chi connectivity index (χ2n) is 5.88. The van der Waals surface area contributed by atoms with E-state index in [2.05, 4.69) is 17.6 Å². The number of hydrogen-bond acceptors (Lipinski definition) is 2. The van der Waals surface area contributed by atoms with Gasteiger partial charge in [0.2, 0.25) is 0 Å². The van der Waals surface area contributed by atoms with Crippen molar-refractivity contribution in [1.82, 2.24) is 14.7 Å². The summed E-state index contributed by atoms with van der Waals surface area (Å²) in [6.07, 6.45) is 4.38. The molecule has 0 spiro atoms. The van der Waals surface area contributed by atoms with Crippen molar-refractivity contribution in [3.63, 3.8) is 0 Å². The fourth-order valence-electron chi connectivity index (χ4n) is 2.62. The zero-order valence-electron chi connectivity index (χ0n) is 14.6. The maximum atomic E-state index is 12.7. The van der Waals surface area contributed by atoms with Crippen LogP contribution in [0.15, 0.2) is 35.1 Å². The van der Waals surface area contributed by atoms with E-state index in [9.17, 15) is 9.59 Å². The highest BCUT2D eigenvalue weighted by atomic mass is 16.2. The summed E-state index contributed by atoms with van der Waals surface area (Å²) in [5, 5.41) is 5.50. The van der Waals surface area contributed by atoms with Crippen molar-refractivity contribution in [2.24, 2.45) is 7.05 Å². The molecule has 1 heterocycles. The van der Waals surface area contributed by atoms with Gasteiger partial charge in [0.15, 0.2) is 0 Å². The fourth-order valence-corrected chi connectivity index (χ4v) is 2.62. The molecule has 2 N–H and O–H groups in total. The van der Waals surface area contributed by atoms with Crippen molar-refractivity contribution >= 4 is 11.7 Å². The molecule has 0 atom stereocenters.